The Kier molecular flexibility index (Phi) is 3.87. The first-order valence-electron chi connectivity index (χ1n) is 6.05. The van der Waals surface area contributed by atoms with Gasteiger partial charge in [-0.2, -0.15) is 4.31 Å². The standard InChI is InChI=1S/C12H16BrFN2O3S/c1-7(2)12(17)5-16(6-12)20(18,19)11-4-10(15)9(14)3-8(11)13/h3-4,7,17H,5-6,15H2,1-2H3. The van der Waals surface area contributed by atoms with Crippen molar-refractivity contribution in [2.75, 3.05) is 18.8 Å². The van der Waals surface area contributed by atoms with E-state index in [1.807, 2.05) is 13.8 Å². The van der Waals surface area contributed by atoms with Gasteiger partial charge in [-0.25, -0.2) is 12.8 Å². The Hall–Kier alpha value is -0.700. The van der Waals surface area contributed by atoms with Crippen molar-refractivity contribution in [1.29, 1.82) is 0 Å². The Morgan fingerprint density at radius 1 is 1.45 bits per heavy atom. The van der Waals surface area contributed by atoms with Crippen molar-refractivity contribution in [3.63, 3.8) is 0 Å². The van der Waals surface area contributed by atoms with Gasteiger partial charge < -0.3 is 10.8 Å². The molecule has 20 heavy (non-hydrogen) atoms. The normalized spacial score (nSPS) is 19.1. The van der Waals surface area contributed by atoms with Crippen LogP contribution in [0.25, 0.3) is 0 Å². The lowest BCUT2D eigenvalue weighted by Gasteiger charge is -2.47. The van der Waals surface area contributed by atoms with E-state index in [0.717, 1.165) is 16.4 Å². The molecule has 1 aromatic carbocycles. The number of halogens is 2. The average Bonchev–Trinajstić information content (AvgIpc) is 2.29. The number of aliphatic hydroxyl groups is 1. The minimum Gasteiger partial charge on any atom is -0.396 e. The van der Waals surface area contributed by atoms with E-state index in [4.69, 9.17) is 5.73 Å². The van der Waals surface area contributed by atoms with Crippen molar-refractivity contribution in [3.05, 3.63) is 22.4 Å². The number of anilines is 1. The second-order valence-corrected chi connectivity index (χ2v) is 8.10. The highest BCUT2D eigenvalue weighted by molar-refractivity contribution is 9.10. The van der Waals surface area contributed by atoms with Crippen LogP contribution in [-0.4, -0.2) is 36.5 Å². The molecule has 0 aromatic heterocycles. The molecule has 1 heterocycles. The lowest BCUT2D eigenvalue weighted by Crippen LogP contribution is -2.65. The van der Waals surface area contributed by atoms with E-state index in [9.17, 15) is 17.9 Å². The number of sulfonamides is 1. The summed E-state index contributed by atoms with van der Waals surface area (Å²) in [5.74, 6) is -0.728. The van der Waals surface area contributed by atoms with Crippen LogP contribution in [0.5, 0.6) is 0 Å². The summed E-state index contributed by atoms with van der Waals surface area (Å²) >= 11 is 3.03. The monoisotopic (exact) mass is 366 g/mol. The second-order valence-electron chi connectivity index (χ2n) is 5.34. The molecule has 0 amide bonds. The summed E-state index contributed by atoms with van der Waals surface area (Å²) in [5, 5.41) is 10.1. The molecule has 2 rings (SSSR count). The van der Waals surface area contributed by atoms with Gasteiger partial charge in [0.2, 0.25) is 10.0 Å². The second kappa shape index (κ2) is 4.94. The van der Waals surface area contributed by atoms with Crippen LogP contribution < -0.4 is 5.73 Å². The number of nitrogens with two attached hydrogens (primary N) is 1. The maximum atomic E-state index is 13.3. The van der Waals surface area contributed by atoms with Crippen LogP contribution in [0.4, 0.5) is 10.1 Å². The Morgan fingerprint density at radius 3 is 2.50 bits per heavy atom. The van der Waals surface area contributed by atoms with Crippen LogP contribution in [0.15, 0.2) is 21.5 Å². The predicted octanol–water partition coefficient (Wildman–Crippen LogP) is 1.56. The molecule has 0 bridgehead atoms. The molecule has 1 aromatic rings. The fraction of sp³-hybridized carbons (Fsp3) is 0.500. The fourth-order valence-electron chi connectivity index (χ4n) is 1.98. The molecule has 112 valence electrons. The molecule has 0 saturated carbocycles. The average molecular weight is 367 g/mol. The summed E-state index contributed by atoms with van der Waals surface area (Å²) in [6, 6.07) is 2.11. The molecular weight excluding hydrogens is 351 g/mol. The summed E-state index contributed by atoms with van der Waals surface area (Å²) in [6.45, 7) is 3.71. The molecule has 5 nitrogen and oxygen atoms in total. The van der Waals surface area contributed by atoms with Crippen molar-refractivity contribution in [3.8, 4) is 0 Å². The van der Waals surface area contributed by atoms with Gasteiger partial charge in [0.25, 0.3) is 0 Å². The highest BCUT2D eigenvalue weighted by atomic mass is 79.9. The van der Waals surface area contributed by atoms with Gasteiger partial charge in [-0.1, -0.05) is 13.8 Å². The summed E-state index contributed by atoms with van der Waals surface area (Å²) in [4.78, 5) is -0.0952. The zero-order valence-electron chi connectivity index (χ0n) is 11.1. The van der Waals surface area contributed by atoms with Crippen molar-refractivity contribution >= 4 is 31.6 Å². The minimum absolute atomic E-state index is 0.0245. The molecule has 1 aliphatic heterocycles. The molecule has 0 atom stereocenters. The third-order valence-corrected chi connectivity index (χ3v) is 6.39. The van der Waals surface area contributed by atoms with E-state index in [0.29, 0.717) is 0 Å². The van der Waals surface area contributed by atoms with Gasteiger partial charge in [0.15, 0.2) is 0 Å². The van der Waals surface area contributed by atoms with E-state index >= 15 is 0 Å². The van der Waals surface area contributed by atoms with Crippen LogP contribution in [0.2, 0.25) is 0 Å². The molecule has 8 heteroatoms. The Morgan fingerprint density at radius 2 is 2.00 bits per heavy atom. The summed E-state index contributed by atoms with van der Waals surface area (Å²) in [7, 11) is -3.80. The van der Waals surface area contributed by atoms with Gasteiger partial charge in [-0.15, -0.1) is 0 Å². The molecule has 0 aliphatic carbocycles. The van der Waals surface area contributed by atoms with Crippen LogP contribution in [-0.2, 0) is 10.0 Å². The van der Waals surface area contributed by atoms with E-state index < -0.39 is 21.4 Å². The van der Waals surface area contributed by atoms with E-state index in [-0.39, 0.29) is 34.1 Å². The van der Waals surface area contributed by atoms with E-state index in [1.165, 1.54) is 0 Å². The molecule has 0 spiro atoms. The zero-order valence-corrected chi connectivity index (χ0v) is 13.5. The van der Waals surface area contributed by atoms with E-state index in [1.54, 1.807) is 0 Å². The topological polar surface area (TPSA) is 83.6 Å². The van der Waals surface area contributed by atoms with Crippen LogP contribution in [0.1, 0.15) is 13.8 Å². The van der Waals surface area contributed by atoms with Gasteiger partial charge >= 0.3 is 0 Å². The van der Waals surface area contributed by atoms with E-state index in [2.05, 4.69) is 15.9 Å². The SMILES string of the molecule is CC(C)C1(O)CN(S(=O)(=O)c2cc(N)c(F)cc2Br)C1. The van der Waals surface area contributed by atoms with Crippen molar-refractivity contribution in [2.24, 2.45) is 5.92 Å². The van der Waals surface area contributed by atoms with Crippen LogP contribution >= 0.6 is 15.9 Å². The smallest absolute Gasteiger partial charge is 0.244 e. The summed E-state index contributed by atoms with van der Waals surface area (Å²) < 4.78 is 39.4. The largest absolute Gasteiger partial charge is 0.396 e. The fourth-order valence-corrected chi connectivity index (χ4v) is 4.56. The number of β-amino-alcohol motifs (C(OH)–C–C–N with tert-alkyl or cyclic N) is 1. The number of hydrogen-bond donors (Lipinski definition) is 2. The molecule has 0 unspecified atom stereocenters. The number of nitrogens with zero attached hydrogens (tertiary/aromatic N) is 1. The minimum atomic E-state index is -3.80. The van der Waals surface area contributed by atoms with Gasteiger partial charge in [0, 0.05) is 17.6 Å². The Labute approximate surface area is 125 Å². The molecular formula is C12H16BrFN2O3S. The molecule has 0 radical (unpaired) electrons. The predicted molar refractivity (Wildman–Crippen MR) is 77.1 cm³/mol. The third kappa shape index (κ3) is 2.45. The quantitative estimate of drug-likeness (QED) is 0.795. The zero-order chi connectivity index (χ0) is 15.3. The number of benzene rings is 1. The third-order valence-electron chi connectivity index (χ3n) is 3.64. The number of hydrogen-bond acceptors (Lipinski definition) is 4. The highest BCUT2D eigenvalue weighted by Gasteiger charge is 2.49. The van der Waals surface area contributed by atoms with Crippen LogP contribution in [0.3, 0.4) is 0 Å². The lowest BCUT2D eigenvalue weighted by atomic mass is 9.85. The maximum Gasteiger partial charge on any atom is 0.244 e. The highest BCUT2D eigenvalue weighted by Crippen LogP contribution is 2.36. The first-order valence-corrected chi connectivity index (χ1v) is 8.28. The first kappa shape index (κ1) is 15.7. The maximum absolute atomic E-state index is 13.3. The molecule has 1 aliphatic rings. The van der Waals surface area contributed by atoms with Gasteiger partial charge in [-0.05, 0) is 34.0 Å². The summed E-state index contributed by atoms with van der Waals surface area (Å²) in [6.07, 6.45) is 0. The Bertz CT molecular complexity index is 642. The van der Waals surface area contributed by atoms with Crippen molar-refractivity contribution < 1.29 is 17.9 Å². The number of rotatable bonds is 3. The number of nitrogen functional groups attached to an aromatic ring is 1. The van der Waals surface area contributed by atoms with Gasteiger partial charge in [0.05, 0.1) is 16.2 Å². The van der Waals surface area contributed by atoms with Gasteiger partial charge in [-0.3, -0.25) is 0 Å². The van der Waals surface area contributed by atoms with Crippen molar-refractivity contribution in [1.82, 2.24) is 4.31 Å². The lowest BCUT2D eigenvalue weighted by molar-refractivity contribution is -0.0932. The molecule has 1 fully saturated rings. The molecule has 1 saturated heterocycles. The first-order chi connectivity index (χ1) is 9.08. The molecule has 3 N–H and O–H groups in total. The Balaban J connectivity index is 2.32. The summed E-state index contributed by atoms with van der Waals surface area (Å²) in [5.41, 5.74) is 4.18. The van der Waals surface area contributed by atoms with Gasteiger partial charge in [0.1, 0.15) is 5.82 Å². The van der Waals surface area contributed by atoms with Crippen LogP contribution in [0, 0.1) is 11.7 Å². The van der Waals surface area contributed by atoms with Crippen molar-refractivity contribution in [2.45, 2.75) is 24.3 Å².